The molecule has 11 atom stereocenters. The summed E-state index contributed by atoms with van der Waals surface area (Å²) >= 11 is 0. The number of allylic oxidation sites excluding steroid dienone is 3. The molecular weight excluding hydrogens is 612 g/mol. The number of aliphatic hydroxyl groups excluding tert-OH is 2. The number of hydrogen-bond donors (Lipinski definition) is 3. The summed E-state index contributed by atoms with van der Waals surface area (Å²) in [6.07, 6.45) is 8.95. The SMILES string of the molecule is CC[C@H](O)[C@@H](C)[C@H]1O[C@@H]1C[C@H](C)/C=C/C=C(\C)[C@H]1OC(=O)C[C@H](O)CC[C@@](C)(O)[C@@H](OC(=O)N2CCC[N+](C)(C(C)C)CC2)/C=C/[C@@H]1C. The van der Waals surface area contributed by atoms with Crippen LogP contribution in [0.5, 0.6) is 0 Å². The molecule has 274 valence electrons. The summed E-state index contributed by atoms with van der Waals surface area (Å²) in [5, 5.41) is 32.3. The third-order valence-electron chi connectivity index (χ3n) is 11.1. The highest BCUT2D eigenvalue weighted by atomic mass is 16.6. The lowest BCUT2D eigenvalue weighted by Crippen LogP contribution is -2.52. The van der Waals surface area contributed by atoms with E-state index in [1.807, 2.05) is 45.9 Å². The number of quaternary nitrogens is 1. The zero-order valence-electron chi connectivity index (χ0n) is 31.0. The van der Waals surface area contributed by atoms with Crippen molar-refractivity contribution in [2.24, 2.45) is 17.8 Å². The number of likely N-dealkylation sites (N-methyl/N-ethyl adjacent to an activating group) is 1. The van der Waals surface area contributed by atoms with E-state index in [1.165, 1.54) is 0 Å². The Kier molecular flexibility index (Phi) is 14.7. The Labute approximate surface area is 289 Å². The first kappa shape index (κ1) is 40.2. The minimum atomic E-state index is -1.46. The van der Waals surface area contributed by atoms with Gasteiger partial charge in [-0.15, -0.1) is 0 Å². The number of carbonyl (C=O) groups is 2. The second-order valence-electron chi connectivity index (χ2n) is 15.6. The van der Waals surface area contributed by atoms with Gasteiger partial charge in [0.15, 0.2) is 6.10 Å². The summed E-state index contributed by atoms with van der Waals surface area (Å²) < 4.78 is 18.7. The molecule has 0 saturated carbocycles. The molecule has 3 N–H and O–H groups in total. The highest BCUT2D eigenvalue weighted by Crippen LogP contribution is 2.36. The van der Waals surface area contributed by atoms with Gasteiger partial charge in [0.25, 0.3) is 0 Å². The van der Waals surface area contributed by atoms with Crippen molar-refractivity contribution in [3.63, 3.8) is 0 Å². The summed E-state index contributed by atoms with van der Waals surface area (Å²) in [6, 6.07) is 0.447. The van der Waals surface area contributed by atoms with Crippen molar-refractivity contribution < 1.29 is 43.6 Å². The van der Waals surface area contributed by atoms with Crippen molar-refractivity contribution >= 4 is 12.1 Å². The number of ether oxygens (including phenoxy) is 3. The number of esters is 1. The van der Waals surface area contributed by atoms with E-state index in [2.05, 4.69) is 33.9 Å². The van der Waals surface area contributed by atoms with Gasteiger partial charge in [-0.1, -0.05) is 52.0 Å². The number of epoxide rings is 1. The van der Waals surface area contributed by atoms with Crippen LogP contribution in [-0.2, 0) is 19.0 Å². The fourth-order valence-corrected chi connectivity index (χ4v) is 6.86. The number of cyclic esters (lactones) is 1. The lowest BCUT2D eigenvalue weighted by Gasteiger charge is -2.37. The van der Waals surface area contributed by atoms with E-state index in [1.54, 1.807) is 17.9 Å². The predicted molar refractivity (Wildman–Crippen MR) is 187 cm³/mol. The lowest BCUT2D eigenvalue weighted by atomic mass is 9.88. The van der Waals surface area contributed by atoms with Crippen molar-refractivity contribution in [2.75, 3.05) is 33.2 Å². The Hall–Kier alpha value is -2.24. The van der Waals surface area contributed by atoms with Crippen molar-refractivity contribution in [3.05, 3.63) is 36.0 Å². The van der Waals surface area contributed by atoms with Crippen molar-refractivity contribution in [1.29, 1.82) is 0 Å². The van der Waals surface area contributed by atoms with Crippen LogP contribution in [0.4, 0.5) is 4.79 Å². The molecular formula is C38H65N2O8+. The maximum atomic E-state index is 13.5. The van der Waals surface area contributed by atoms with Crippen LogP contribution in [0.3, 0.4) is 0 Å². The molecule has 0 aromatic carbocycles. The Morgan fingerprint density at radius 3 is 2.58 bits per heavy atom. The molecule has 3 aliphatic rings. The highest BCUT2D eigenvalue weighted by molar-refractivity contribution is 5.70. The fraction of sp³-hybridized carbons (Fsp3) is 0.789. The van der Waals surface area contributed by atoms with Crippen LogP contribution in [0.2, 0.25) is 0 Å². The van der Waals surface area contributed by atoms with Crippen LogP contribution in [0.15, 0.2) is 36.0 Å². The molecule has 3 rings (SSSR count). The summed E-state index contributed by atoms with van der Waals surface area (Å²) in [7, 11) is 2.22. The third kappa shape index (κ3) is 11.4. The van der Waals surface area contributed by atoms with Gasteiger partial charge < -0.3 is 38.9 Å². The largest absolute Gasteiger partial charge is 0.457 e. The average molecular weight is 678 g/mol. The molecule has 0 aliphatic carbocycles. The second kappa shape index (κ2) is 17.6. The van der Waals surface area contributed by atoms with E-state index < -0.39 is 36.0 Å². The number of amides is 1. The molecule has 10 nitrogen and oxygen atoms in total. The number of carbonyl (C=O) groups excluding carboxylic acids is 2. The zero-order valence-corrected chi connectivity index (χ0v) is 31.0. The van der Waals surface area contributed by atoms with E-state index in [-0.39, 0.29) is 55.3 Å². The number of rotatable bonds is 10. The van der Waals surface area contributed by atoms with Gasteiger partial charge in [-0.05, 0) is 70.9 Å². The molecule has 0 spiro atoms. The number of aliphatic hydroxyl groups is 3. The number of hydrogen-bond acceptors (Lipinski definition) is 8. The van der Waals surface area contributed by atoms with Crippen LogP contribution in [0.1, 0.15) is 93.9 Å². The third-order valence-corrected chi connectivity index (χ3v) is 11.1. The predicted octanol–water partition coefficient (Wildman–Crippen LogP) is 5.16. The normalized spacial score (nSPS) is 36.7. The van der Waals surface area contributed by atoms with Crippen LogP contribution in [0.25, 0.3) is 0 Å². The summed E-state index contributed by atoms with van der Waals surface area (Å²) in [5.41, 5.74) is -0.632. The Morgan fingerprint density at radius 1 is 1.21 bits per heavy atom. The van der Waals surface area contributed by atoms with Crippen LogP contribution >= 0.6 is 0 Å². The Balaban J connectivity index is 1.73. The van der Waals surface area contributed by atoms with Gasteiger partial charge >= 0.3 is 12.1 Å². The maximum Gasteiger partial charge on any atom is 0.410 e. The molecule has 48 heavy (non-hydrogen) atoms. The van der Waals surface area contributed by atoms with Crippen LogP contribution in [-0.4, -0.2) is 118 Å². The van der Waals surface area contributed by atoms with E-state index in [9.17, 15) is 24.9 Å². The Bertz CT molecular complexity index is 1150. The smallest absolute Gasteiger partial charge is 0.410 e. The monoisotopic (exact) mass is 677 g/mol. The van der Waals surface area contributed by atoms with E-state index in [4.69, 9.17) is 14.2 Å². The first-order valence-electron chi connectivity index (χ1n) is 18.2. The van der Waals surface area contributed by atoms with E-state index >= 15 is 0 Å². The quantitative estimate of drug-likeness (QED) is 0.0952. The zero-order chi connectivity index (χ0) is 35.8. The molecule has 0 bridgehead atoms. The molecule has 1 unspecified atom stereocenters. The number of nitrogens with zero attached hydrogens (tertiary/aromatic N) is 2. The van der Waals surface area contributed by atoms with Gasteiger partial charge in [0, 0.05) is 24.8 Å². The molecule has 2 saturated heterocycles. The van der Waals surface area contributed by atoms with Crippen LogP contribution in [0, 0.1) is 17.8 Å². The first-order chi connectivity index (χ1) is 22.5. The summed E-state index contributed by atoms with van der Waals surface area (Å²) in [5.74, 6) is -0.446. The molecule has 10 heteroatoms. The standard InChI is InChI=1S/C38H65N2O8/c1-10-31(42)29(7)36-32(46-36)23-26(4)13-11-14-27(5)35-28(6)15-16-33(38(8,45)18-17-30(41)24-34(43)48-35)47-37(44)39-19-12-21-40(9,22-20-39)25(2)3/h11,13-16,25-26,28-33,35-36,41-42,45H,10,12,17-24H2,1-9H3/q+1/b13-11+,16-15+,27-14+/t26-,28+,29-,30-,31+,32-,33+,35-,36-,38-,40?/m1/s1. The fourth-order valence-electron chi connectivity index (χ4n) is 6.86. The van der Waals surface area contributed by atoms with Gasteiger partial charge in [0.1, 0.15) is 11.7 Å². The molecule has 0 aromatic rings. The summed E-state index contributed by atoms with van der Waals surface area (Å²) in [4.78, 5) is 28.1. The molecule has 0 aromatic heterocycles. The van der Waals surface area contributed by atoms with Gasteiger partial charge in [-0.25, -0.2) is 4.79 Å². The van der Waals surface area contributed by atoms with Gasteiger partial charge in [0.05, 0.1) is 63.6 Å². The summed E-state index contributed by atoms with van der Waals surface area (Å²) in [6.45, 7) is 19.0. The van der Waals surface area contributed by atoms with Gasteiger partial charge in [-0.3, -0.25) is 4.79 Å². The van der Waals surface area contributed by atoms with Gasteiger partial charge in [-0.2, -0.15) is 0 Å². The molecule has 3 heterocycles. The van der Waals surface area contributed by atoms with Gasteiger partial charge in [0.2, 0.25) is 0 Å². The molecule has 1 amide bonds. The minimum Gasteiger partial charge on any atom is -0.457 e. The average Bonchev–Trinajstić information content (AvgIpc) is 3.82. The van der Waals surface area contributed by atoms with Crippen molar-refractivity contribution in [1.82, 2.24) is 4.90 Å². The van der Waals surface area contributed by atoms with E-state index in [0.29, 0.717) is 25.6 Å². The first-order valence-corrected chi connectivity index (χ1v) is 18.2. The van der Waals surface area contributed by atoms with Crippen molar-refractivity contribution in [2.45, 2.75) is 142 Å². The van der Waals surface area contributed by atoms with Crippen molar-refractivity contribution in [3.8, 4) is 0 Å². The van der Waals surface area contributed by atoms with Crippen LogP contribution < -0.4 is 0 Å². The minimum absolute atomic E-state index is 0.0971. The van der Waals surface area contributed by atoms with E-state index in [0.717, 1.165) is 36.0 Å². The highest BCUT2D eigenvalue weighted by Gasteiger charge is 2.45. The maximum absolute atomic E-state index is 13.5. The topological polar surface area (TPSA) is 129 Å². The molecule has 0 radical (unpaired) electrons. The second-order valence-corrected chi connectivity index (χ2v) is 15.6. The Morgan fingerprint density at radius 2 is 1.92 bits per heavy atom. The lowest BCUT2D eigenvalue weighted by molar-refractivity contribution is -0.927. The molecule has 2 fully saturated rings. The molecule has 3 aliphatic heterocycles.